The summed E-state index contributed by atoms with van der Waals surface area (Å²) in [7, 11) is 1.75. The SMILES string of the molecule is CCOC(=O)c1cnn(C)c1-c1cccc(CNC(=O)[C@H](C)C(=O)OC(C)(C)C)c1. The van der Waals surface area contributed by atoms with E-state index in [1.165, 1.54) is 13.1 Å². The van der Waals surface area contributed by atoms with Gasteiger partial charge in [-0.2, -0.15) is 5.10 Å². The van der Waals surface area contributed by atoms with Crippen LogP contribution >= 0.6 is 0 Å². The third-order valence-electron chi connectivity index (χ3n) is 4.25. The molecule has 30 heavy (non-hydrogen) atoms. The maximum atomic E-state index is 12.3. The van der Waals surface area contributed by atoms with Gasteiger partial charge in [0.05, 0.1) is 18.5 Å². The second-order valence-electron chi connectivity index (χ2n) is 7.92. The summed E-state index contributed by atoms with van der Waals surface area (Å²) in [4.78, 5) is 36.6. The van der Waals surface area contributed by atoms with Crippen LogP contribution in [-0.2, 0) is 32.7 Å². The summed E-state index contributed by atoms with van der Waals surface area (Å²) in [6.45, 7) is 9.02. The molecule has 2 rings (SSSR count). The lowest BCUT2D eigenvalue weighted by atomic mass is 10.0. The molecule has 0 aliphatic carbocycles. The van der Waals surface area contributed by atoms with Crippen LogP contribution in [0.5, 0.6) is 0 Å². The molecule has 0 spiro atoms. The Morgan fingerprint density at radius 3 is 2.57 bits per heavy atom. The van der Waals surface area contributed by atoms with E-state index in [9.17, 15) is 14.4 Å². The lowest BCUT2D eigenvalue weighted by Gasteiger charge is -2.22. The van der Waals surface area contributed by atoms with Gasteiger partial charge in [0.15, 0.2) is 0 Å². The molecule has 0 saturated heterocycles. The zero-order valence-corrected chi connectivity index (χ0v) is 18.3. The summed E-state index contributed by atoms with van der Waals surface area (Å²) < 4.78 is 12.0. The lowest BCUT2D eigenvalue weighted by molar-refractivity contribution is -0.161. The van der Waals surface area contributed by atoms with Crippen molar-refractivity contribution < 1.29 is 23.9 Å². The van der Waals surface area contributed by atoms with Crippen molar-refractivity contribution in [3.63, 3.8) is 0 Å². The van der Waals surface area contributed by atoms with Gasteiger partial charge in [-0.1, -0.05) is 18.2 Å². The molecule has 162 valence electrons. The number of aromatic nitrogens is 2. The largest absolute Gasteiger partial charge is 0.462 e. The maximum Gasteiger partial charge on any atom is 0.341 e. The van der Waals surface area contributed by atoms with Crippen LogP contribution in [-0.4, -0.2) is 39.8 Å². The second kappa shape index (κ2) is 9.56. The van der Waals surface area contributed by atoms with Gasteiger partial charge in [-0.3, -0.25) is 14.3 Å². The van der Waals surface area contributed by atoms with Gasteiger partial charge < -0.3 is 14.8 Å². The van der Waals surface area contributed by atoms with E-state index in [-0.39, 0.29) is 13.2 Å². The highest BCUT2D eigenvalue weighted by Crippen LogP contribution is 2.25. The van der Waals surface area contributed by atoms with Gasteiger partial charge in [0.1, 0.15) is 17.1 Å². The monoisotopic (exact) mass is 415 g/mol. The van der Waals surface area contributed by atoms with Crippen molar-refractivity contribution in [1.82, 2.24) is 15.1 Å². The van der Waals surface area contributed by atoms with E-state index in [2.05, 4.69) is 10.4 Å². The number of nitrogens with zero attached hydrogens (tertiary/aromatic N) is 2. The molecular weight excluding hydrogens is 386 g/mol. The first-order valence-corrected chi connectivity index (χ1v) is 9.82. The van der Waals surface area contributed by atoms with Gasteiger partial charge in [0, 0.05) is 19.2 Å². The van der Waals surface area contributed by atoms with E-state index in [0.717, 1.165) is 11.1 Å². The highest BCUT2D eigenvalue weighted by molar-refractivity contribution is 5.97. The van der Waals surface area contributed by atoms with Crippen molar-refractivity contribution in [1.29, 1.82) is 0 Å². The number of nitrogens with one attached hydrogen (secondary N) is 1. The van der Waals surface area contributed by atoms with Crippen molar-refractivity contribution in [2.45, 2.75) is 46.8 Å². The third-order valence-corrected chi connectivity index (χ3v) is 4.25. The number of amides is 1. The molecule has 1 atom stereocenters. The fourth-order valence-corrected chi connectivity index (χ4v) is 2.81. The van der Waals surface area contributed by atoms with Crippen molar-refractivity contribution in [2.75, 3.05) is 6.61 Å². The Bertz CT molecular complexity index is 927. The number of carbonyl (C=O) groups excluding carboxylic acids is 3. The first-order chi connectivity index (χ1) is 14.0. The Labute approximate surface area is 176 Å². The molecule has 1 aromatic heterocycles. The second-order valence-corrected chi connectivity index (χ2v) is 7.92. The Morgan fingerprint density at radius 2 is 1.93 bits per heavy atom. The first kappa shape index (κ1) is 23.1. The average molecular weight is 415 g/mol. The summed E-state index contributed by atoms with van der Waals surface area (Å²) in [5.74, 6) is -2.34. The highest BCUT2D eigenvalue weighted by Gasteiger charge is 2.27. The molecule has 1 aromatic carbocycles. The van der Waals surface area contributed by atoms with Crippen LogP contribution in [0.2, 0.25) is 0 Å². The van der Waals surface area contributed by atoms with Crippen LogP contribution in [0.1, 0.15) is 50.5 Å². The molecule has 2 aromatic rings. The summed E-state index contributed by atoms with van der Waals surface area (Å²) in [6, 6.07) is 7.39. The van der Waals surface area contributed by atoms with E-state index in [4.69, 9.17) is 9.47 Å². The molecule has 0 radical (unpaired) electrons. The number of ether oxygens (including phenoxy) is 2. The number of hydrogen-bond acceptors (Lipinski definition) is 6. The third kappa shape index (κ3) is 5.92. The molecule has 1 heterocycles. The molecule has 0 aliphatic heterocycles. The Balaban J connectivity index is 2.12. The quantitative estimate of drug-likeness (QED) is 0.551. The number of benzene rings is 1. The van der Waals surface area contributed by atoms with Crippen LogP contribution in [0.4, 0.5) is 0 Å². The predicted molar refractivity (Wildman–Crippen MR) is 111 cm³/mol. The highest BCUT2D eigenvalue weighted by atomic mass is 16.6. The summed E-state index contributed by atoms with van der Waals surface area (Å²) in [6.07, 6.45) is 1.48. The van der Waals surface area contributed by atoms with E-state index >= 15 is 0 Å². The maximum absolute atomic E-state index is 12.3. The Hall–Kier alpha value is -3.16. The van der Waals surface area contributed by atoms with Crippen molar-refractivity contribution in [3.8, 4) is 11.3 Å². The number of aryl methyl sites for hydroxylation is 1. The van der Waals surface area contributed by atoms with Crippen molar-refractivity contribution in [3.05, 3.63) is 41.6 Å². The predicted octanol–water partition coefficient (Wildman–Crippen LogP) is 2.86. The zero-order valence-electron chi connectivity index (χ0n) is 18.3. The van der Waals surface area contributed by atoms with E-state index in [1.807, 2.05) is 24.3 Å². The molecule has 1 amide bonds. The van der Waals surface area contributed by atoms with Crippen LogP contribution in [0.3, 0.4) is 0 Å². The minimum absolute atomic E-state index is 0.229. The van der Waals surface area contributed by atoms with Gasteiger partial charge in [-0.25, -0.2) is 4.79 Å². The summed E-state index contributed by atoms with van der Waals surface area (Å²) in [5.41, 5.74) is 1.93. The fourth-order valence-electron chi connectivity index (χ4n) is 2.81. The normalized spacial score (nSPS) is 12.2. The lowest BCUT2D eigenvalue weighted by Crippen LogP contribution is -2.37. The summed E-state index contributed by atoms with van der Waals surface area (Å²) in [5, 5.41) is 6.92. The number of rotatable bonds is 7. The standard InChI is InChI=1S/C22H29N3O5/c1-7-29-21(28)17-13-24-25(6)18(17)16-10-8-9-15(11-16)12-23-19(26)14(2)20(27)30-22(3,4)5/h8-11,13-14H,7,12H2,1-6H3,(H,23,26)/t14-/m0/s1. The molecule has 0 aliphatic rings. The fraction of sp³-hybridized carbons (Fsp3) is 0.455. The number of esters is 2. The van der Waals surface area contributed by atoms with Gasteiger partial charge in [0.25, 0.3) is 0 Å². The Kier molecular flexibility index (Phi) is 7.37. The van der Waals surface area contributed by atoms with Crippen LogP contribution in [0.25, 0.3) is 11.3 Å². The minimum atomic E-state index is -0.917. The van der Waals surface area contributed by atoms with Crippen LogP contribution in [0, 0.1) is 5.92 Å². The first-order valence-electron chi connectivity index (χ1n) is 9.82. The summed E-state index contributed by atoms with van der Waals surface area (Å²) >= 11 is 0. The van der Waals surface area contributed by atoms with Crippen molar-refractivity contribution >= 4 is 17.8 Å². The molecule has 0 saturated carbocycles. The Morgan fingerprint density at radius 1 is 1.23 bits per heavy atom. The molecule has 8 heteroatoms. The number of carbonyl (C=O) groups is 3. The molecule has 1 N–H and O–H groups in total. The topological polar surface area (TPSA) is 99.5 Å². The van der Waals surface area contributed by atoms with E-state index in [1.54, 1.807) is 39.4 Å². The minimum Gasteiger partial charge on any atom is -0.462 e. The number of hydrogen-bond donors (Lipinski definition) is 1. The molecular formula is C22H29N3O5. The smallest absolute Gasteiger partial charge is 0.341 e. The molecule has 0 unspecified atom stereocenters. The van der Waals surface area contributed by atoms with E-state index in [0.29, 0.717) is 11.3 Å². The molecule has 8 nitrogen and oxygen atoms in total. The van der Waals surface area contributed by atoms with Gasteiger partial charge in [-0.05, 0) is 46.2 Å². The van der Waals surface area contributed by atoms with Crippen LogP contribution in [0.15, 0.2) is 30.5 Å². The van der Waals surface area contributed by atoms with E-state index < -0.39 is 29.4 Å². The van der Waals surface area contributed by atoms with Crippen molar-refractivity contribution in [2.24, 2.45) is 13.0 Å². The zero-order chi connectivity index (χ0) is 22.5. The molecule has 0 bridgehead atoms. The van der Waals surface area contributed by atoms with Gasteiger partial charge in [0.2, 0.25) is 5.91 Å². The van der Waals surface area contributed by atoms with Gasteiger partial charge >= 0.3 is 11.9 Å². The molecule has 0 fully saturated rings. The average Bonchev–Trinajstić information content (AvgIpc) is 3.06. The van der Waals surface area contributed by atoms with Crippen LogP contribution < -0.4 is 5.32 Å². The van der Waals surface area contributed by atoms with Gasteiger partial charge in [-0.15, -0.1) is 0 Å².